The van der Waals surface area contributed by atoms with Crippen LogP contribution in [-0.2, 0) is 0 Å². The fourth-order valence-electron chi connectivity index (χ4n) is 1.57. The summed E-state index contributed by atoms with van der Waals surface area (Å²) in [7, 11) is 0. The minimum atomic E-state index is 0.0682. The maximum atomic E-state index is 11.1. The number of fused-ring (bicyclic) bond motifs is 1. The molecule has 2 aromatic rings. The smallest absolute Gasteiger partial charge is 0.159 e. The van der Waals surface area contributed by atoms with Gasteiger partial charge in [0.05, 0.1) is 0 Å². The number of benzene rings is 1. The molecule has 0 bridgehead atoms. The van der Waals surface area contributed by atoms with Gasteiger partial charge in [0.25, 0.3) is 0 Å². The monoisotopic (exact) mass is 188 g/mol. The van der Waals surface area contributed by atoms with Gasteiger partial charge in [-0.15, -0.1) is 0 Å². The predicted molar refractivity (Wildman–Crippen MR) is 55.7 cm³/mol. The summed E-state index contributed by atoms with van der Waals surface area (Å²) in [4.78, 5) is 11.1. The summed E-state index contributed by atoms with van der Waals surface area (Å²) in [5.74, 6) is 0.985. The molecule has 0 spiro atoms. The average molecular weight is 188 g/mol. The van der Waals surface area contributed by atoms with E-state index < -0.39 is 0 Å². The molecule has 1 heterocycles. The van der Waals surface area contributed by atoms with Gasteiger partial charge in [0.2, 0.25) is 0 Å². The third kappa shape index (κ3) is 1.23. The van der Waals surface area contributed by atoms with Crippen LogP contribution in [0, 0.1) is 13.8 Å². The van der Waals surface area contributed by atoms with Crippen molar-refractivity contribution in [2.45, 2.75) is 20.8 Å². The molecule has 0 aliphatic heterocycles. The van der Waals surface area contributed by atoms with Crippen molar-refractivity contribution in [2.24, 2.45) is 0 Å². The zero-order valence-electron chi connectivity index (χ0n) is 8.55. The zero-order valence-corrected chi connectivity index (χ0v) is 8.55. The van der Waals surface area contributed by atoms with E-state index in [1.807, 2.05) is 26.0 Å². The van der Waals surface area contributed by atoms with Crippen LogP contribution in [0.5, 0.6) is 0 Å². The summed E-state index contributed by atoms with van der Waals surface area (Å²) in [6.07, 6.45) is 0. The largest absolute Gasteiger partial charge is 0.461 e. The van der Waals surface area contributed by atoms with E-state index in [9.17, 15) is 4.79 Å². The standard InChI is InChI=1S/C12H12O2/c1-7-9(3)14-12-6-10(8(2)13)4-5-11(7)12/h4-6H,1-3H3. The Morgan fingerprint density at radius 1 is 1.29 bits per heavy atom. The third-order valence-corrected chi connectivity index (χ3v) is 2.58. The predicted octanol–water partition coefficient (Wildman–Crippen LogP) is 3.25. The summed E-state index contributed by atoms with van der Waals surface area (Å²) >= 11 is 0. The molecule has 0 aliphatic carbocycles. The molecular formula is C12H12O2. The van der Waals surface area contributed by atoms with Crippen molar-refractivity contribution in [3.05, 3.63) is 35.1 Å². The van der Waals surface area contributed by atoms with E-state index in [1.54, 1.807) is 13.0 Å². The highest BCUT2D eigenvalue weighted by molar-refractivity contribution is 5.98. The molecule has 0 unspecified atom stereocenters. The molecule has 0 atom stereocenters. The lowest BCUT2D eigenvalue weighted by molar-refractivity contribution is 0.101. The minimum absolute atomic E-state index is 0.0682. The molecule has 0 N–H and O–H groups in total. The fourth-order valence-corrected chi connectivity index (χ4v) is 1.57. The van der Waals surface area contributed by atoms with Gasteiger partial charge in [-0.1, -0.05) is 12.1 Å². The Bertz CT molecular complexity index is 506. The second-order valence-corrected chi connectivity index (χ2v) is 3.55. The number of Topliss-reactive ketones (excluding diaryl/α,β-unsaturated/α-hetero) is 1. The van der Waals surface area contributed by atoms with Crippen LogP contribution in [0.15, 0.2) is 22.6 Å². The third-order valence-electron chi connectivity index (χ3n) is 2.58. The Hall–Kier alpha value is -1.57. The zero-order chi connectivity index (χ0) is 10.3. The molecule has 14 heavy (non-hydrogen) atoms. The highest BCUT2D eigenvalue weighted by Gasteiger charge is 2.08. The molecule has 1 aromatic heterocycles. The number of furan rings is 1. The quantitative estimate of drug-likeness (QED) is 0.643. The lowest BCUT2D eigenvalue weighted by Crippen LogP contribution is -1.89. The first-order valence-electron chi connectivity index (χ1n) is 4.60. The Kier molecular flexibility index (Phi) is 1.92. The lowest BCUT2D eigenvalue weighted by Gasteiger charge is -1.94. The van der Waals surface area contributed by atoms with Crippen molar-refractivity contribution < 1.29 is 9.21 Å². The van der Waals surface area contributed by atoms with Gasteiger partial charge < -0.3 is 4.42 Å². The normalized spacial score (nSPS) is 10.8. The molecule has 0 amide bonds. The highest BCUT2D eigenvalue weighted by Crippen LogP contribution is 2.25. The van der Waals surface area contributed by atoms with Gasteiger partial charge in [0, 0.05) is 10.9 Å². The molecule has 0 aliphatic rings. The first-order valence-corrected chi connectivity index (χ1v) is 4.60. The van der Waals surface area contributed by atoms with Gasteiger partial charge in [0.15, 0.2) is 5.78 Å². The first kappa shape index (κ1) is 9.00. The molecule has 0 fully saturated rings. The molecule has 2 nitrogen and oxygen atoms in total. The number of hydrogen-bond acceptors (Lipinski definition) is 2. The van der Waals surface area contributed by atoms with Gasteiger partial charge in [-0.05, 0) is 32.4 Å². The molecule has 2 rings (SSSR count). The minimum Gasteiger partial charge on any atom is -0.461 e. The topological polar surface area (TPSA) is 30.2 Å². The number of hydrogen-bond donors (Lipinski definition) is 0. The van der Waals surface area contributed by atoms with Crippen LogP contribution in [0.3, 0.4) is 0 Å². The Balaban J connectivity index is 2.73. The van der Waals surface area contributed by atoms with E-state index in [4.69, 9.17) is 4.42 Å². The Labute approximate surface area is 82.5 Å². The SMILES string of the molecule is CC(=O)c1ccc2c(C)c(C)oc2c1. The molecule has 0 saturated carbocycles. The number of aryl methyl sites for hydroxylation is 2. The molecule has 2 heteroatoms. The van der Waals surface area contributed by atoms with E-state index in [0.717, 1.165) is 22.3 Å². The van der Waals surface area contributed by atoms with Crippen molar-refractivity contribution in [1.29, 1.82) is 0 Å². The van der Waals surface area contributed by atoms with Gasteiger partial charge in [-0.2, -0.15) is 0 Å². The van der Waals surface area contributed by atoms with E-state index in [0.29, 0.717) is 5.56 Å². The van der Waals surface area contributed by atoms with Crippen LogP contribution in [0.4, 0.5) is 0 Å². The van der Waals surface area contributed by atoms with Crippen molar-refractivity contribution in [2.75, 3.05) is 0 Å². The first-order chi connectivity index (χ1) is 6.59. The van der Waals surface area contributed by atoms with Crippen LogP contribution >= 0.6 is 0 Å². The molecule has 1 aromatic carbocycles. The number of carbonyl (C=O) groups excluding carboxylic acids is 1. The van der Waals surface area contributed by atoms with Gasteiger partial charge in [0.1, 0.15) is 11.3 Å². The second kappa shape index (κ2) is 2.98. The average Bonchev–Trinajstić information content (AvgIpc) is 2.42. The van der Waals surface area contributed by atoms with Gasteiger partial charge in [-0.3, -0.25) is 4.79 Å². The van der Waals surface area contributed by atoms with Gasteiger partial charge >= 0.3 is 0 Å². The maximum absolute atomic E-state index is 11.1. The summed E-state index contributed by atoms with van der Waals surface area (Å²) in [6.45, 7) is 5.52. The summed E-state index contributed by atoms with van der Waals surface area (Å²) < 4.78 is 5.54. The van der Waals surface area contributed by atoms with E-state index in [2.05, 4.69) is 0 Å². The van der Waals surface area contributed by atoms with Crippen molar-refractivity contribution in [3.8, 4) is 0 Å². The molecule has 0 radical (unpaired) electrons. The number of ketones is 1. The van der Waals surface area contributed by atoms with Crippen LogP contribution in [-0.4, -0.2) is 5.78 Å². The van der Waals surface area contributed by atoms with Crippen molar-refractivity contribution >= 4 is 16.8 Å². The molecule has 0 saturated heterocycles. The summed E-state index contributed by atoms with van der Waals surface area (Å²) in [5, 5.41) is 1.09. The number of rotatable bonds is 1. The van der Waals surface area contributed by atoms with E-state index >= 15 is 0 Å². The van der Waals surface area contributed by atoms with Gasteiger partial charge in [-0.25, -0.2) is 0 Å². The Morgan fingerprint density at radius 2 is 2.00 bits per heavy atom. The molecular weight excluding hydrogens is 176 g/mol. The second-order valence-electron chi connectivity index (χ2n) is 3.55. The van der Waals surface area contributed by atoms with E-state index in [1.165, 1.54) is 0 Å². The lowest BCUT2D eigenvalue weighted by atomic mass is 10.1. The van der Waals surface area contributed by atoms with Crippen LogP contribution in [0.2, 0.25) is 0 Å². The molecule has 72 valence electrons. The van der Waals surface area contributed by atoms with Crippen molar-refractivity contribution in [1.82, 2.24) is 0 Å². The van der Waals surface area contributed by atoms with Crippen LogP contribution < -0.4 is 0 Å². The maximum Gasteiger partial charge on any atom is 0.159 e. The van der Waals surface area contributed by atoms with Crippen LogP contribution in [0.25, 0.3) is 11.0 Å². The van der Waals surface area contributed by atoms with Crippen LogP contribution in [0.1, 0.15) is 28.6 Å². The fraction of sp³-hybridized carbons (Fsp3) is 0.250. The highest BCUT2D eigenvalue weighted by atomic mass is 16.3. The summed E-state index contributed by atoms with van der Waals surface area (Å²) in [6, 6.07) is 5.59. The van der Waals surface area contributed by atoms with E-state index in [-0.39, 0.29) is 5.78 Å². The van der Waals surface area contributed by atoms with Crippen molar-refractivity contribution in [3.63, 3.8) is 0 Å². The summed E-state index contributed by atoms with van der Waals surface area (Å²) in [5.41, 5.74) is 2.65. The number of carbonyl (C=O) groups is 1. The Morgan fingerprint density at radius 3 is 2.64 bits per heavy atom.